The first kappa shape index (κ1) is 19.8. The number of nitrogens with one attached hydrogen (secondary N) is 2. The van der Waals surface area contributed by atoms with Gasteiger partial charge >= 0.3 is 6.18 Å². The van der Waals surface area contributed by atoms with Gasteiger partial charge in [0, 0.05) is 5.02 Å². The Bertz CT molecular complexity index is 697. The predicted molar refractivity (Wildman–Crippen MR) is 83.7 cm³/mol. The van der Waals surface area contributed by atoms with Crippen LogP contribution in [0.3, 0.4) is 0 Å². The van der Waals surface area contributed by atoms with Crippen molar-refractivity contribution in [3.05, 3.63) is 33.6 Å². The highest BCUT2D eigenvalue weighted by Crippen LogP contribution is 2.31. The zero-order valence-electron chi connectivity index (χ0n) is 12.9. The first-order valence-electron chi connectivity index (χ1n) is 7.32. The van der Waals surface area contributed by atoms with Gasteiger partial charge in [-0.1, -0.05) is 23.2 Å². The molecule has 138 valence electrons. The molecule has 1 aliphatic rings. The molecule has 0 spiro atoms. The van der Waals surface area contributed by atoms with Gasteiger partial charge < -0.3 is 10.6 Å². The largest absolute Gasteiger partial charge is 0.408 e. The van der Waals surface area contributed by atoms with Crippen molar-refractivity contribution in [1.29, 1.82) is 0 Å². The molecule has 1 aromatic carbocycles. The first-order valence-corrected chi connectivity index (χ1v) is 8.08. The summed E-state index contributed by atoms with van der Waals surface area (Å²) in [7, 11) is 0. The van der Waals surface area contributed by atoms with E-state index in [-0.39, 0.29) is 22.0 Å². The fraction of sp³-hybridized carbons (Fsp3) is 0.467. The number of carbonyl (C=O) groups is 2. The van der Waals surface area contributed by atoms with Gasteiger partial charge in [0.2, 0.25) is 11.8 Å². The van der Waals surface area contributed by atoms with E-state index in [4.69, 9.17) is 23.2 Å². The molecule has 0 aromatic heterocycles. The van der Waals surface area contributed by atoms with E-state index in [0.717, 1.165) is 6.07 Å². The topological polar surface area (TPSA) is 58.2 Å². The predicted octanol–water partition coefficient (Wildman–Crippen LogP) is 3.77. The Balaban J connectivity index is 2.05. The Morgan fingerprint density at radius 3 is 2.48 bits per heavy atom. The van der Waals surface area contributed by atoms with Crippen LogP contribution < -0.4 is 10.6 Å². The number of piperidine rings is 1. The van der Waals surface area contributed by atoms with Crippen molar-refractivity contribution in [2.75, 3.05) is 0 Å². The van der Waals surface area contributed by atoms with Crippen LogP contribution in [0.2, 0.25) is 10.0 Å². The van der Waals surface area contributed by atoms with Crippen molar-refractivity contribution < 1.29 is 27.2 Å². The first-order chi connectivity index (χ1) is 11.5. The normalized spacial score (nSPS) is 22.3. The summed E-state index contributed by atoms with van der Waals surface area (Å²) in [6.07, 6.45) is -5.19. The molecule has 25 heavy (non-hydrogen) atoms. The lowest BCUT2D eigenvalue weighted by atomic mass is 9.92. The molecule has 0 bridgehead atoms. The molecule has 0 aliphatic carbocycles. The van der Waals surface area contributed by atoms with Gasteiger partial charge in [0.05, 0.1) is 11.1 Å². The molecule has 3 atom stereocenters. The van der Waals surface area contributed by atoms with E-state index in [1.165, 1.54) is 13.0 Å². The Morgan fingerprint density at radius 1 is 1.28 bits per heavy atom. The number of amides is 2. The summed E-state index contributed by atoms with van der Waals surface area (Å²) in [4.78, 5) is 24.0. The van der Waals surface area contributed by atoms with Gasteiger partial charge in [-0.2, -0.15) is 13.2 Å². The van der Waals surface area contributed by atoms with E-state index in [1.807, 2.05) is 0 Å². The van der Waals surface area contributed by atoms with E-state index in [9.17, 15) is 27.2 Å². The number of benzene rings is 1. The van der Waals surface area contributed by atoms with Gasteiger partial charge in [-0.05, 0) is 37.5 Å². The summed E-state index contributed by atoms with van der Waals surface area (Å²) in [6, 6.07) is -0.491. The maximum Gasteiger partial charge on any atom is 0.408 e. The molecule has 2 N–H and O–H groups in total. The standard InChI is InChI=1S/C15H14Cl2F4N2O2/c1-6(8-4-11(18)10(17)5-9(8)16)22-13(24)7-2-3-12(15(19,20)21)23-14(7)25/h4-7,12H,2-3H2,1H3,(H,22,24)(H,23,25). The minimum absolute atomic E-state index is 0.115. The monoisotopic (exact) mass is 400 g/mol. The molecular formula is C15H14Cl2F4N2O2. The van der Waals surface area contributed by atoms with E-state index >= 15 is 0 Å². The summed E-state index contributed by atoms with van der Waals surface area (Å²) < 4.78 is 51.4. The van der Waals surface area contributed by atoms with Gasteiger partial charge in [-0.15, -0.1) is 0 Å². The van der Waals surface area contributed by atoms with Crippen molar-refractivity contribution >= 4 is 35.0 Å². The minimum atomic E-state index is -4.56. The van der Waals surface area contributed by atoms with Crippen LogP contribution in [0.1, 0.15) is 31.4 Å². The van der Waals surface area contributed by atoms with Crippen molar-refractivity contribution in [3.8, 4) is 0 Å². The molecule has 10 heteroatoms. The zero-order valence-corrected chi connectivity index (χ0v) is 14.4. The fourth-order valence-electron chi connectivity index (χ4n) is 2.57. The van der Waals surface area contributed by atoms with Crippen molar-refractivity contribution in [2.24, 2.45) is 5.92 Å². The highest BCUT2D eigenvalue weighted by molar-refractivity contribution is 6.35. The highest BCUT2D eigenvalue weighted by Gasteiger charge is 2.46. The number of alkyl halides is 3. The maximum absolute atomic E-state index is 13.6. The van der Waals surface area contributed by atoms with Gasteiger partial charge in [-0.25, -0.2) is 4.39 Å². The summed E-state index contributed by atoms with van der Waals surface area (Å²) in [6.45, 7) is 1.51. The van der Waals surface area contributed by atoms with Gasteiger partial charge in [0.15, 0.2) is 0 Å². The Hall–Kier alpha value is -1.54. The number of carbonyl (C=O) groups excluding carboxylic acids is 2. The number of hydrogen-bond donors (Lipinski definition) is 2. The Labute approximate surface area is 150 Å². The average molecular weight is 401 g/mol. The van der Waals surface area contributed by atoms with Crippen LogP contribution in [0.15, 0.2) is 12.1 Å². The molecule has 1 fully saturated rings. The fourth-order valence-corrected chi connectivity index (χ4v) is 3.11. The lowest BCUT2D eigenvalue weighted by Crippen LogP contribution is -2.54. The SMILES string of the molecule is CC(NC(=O)C1CCC(C(F)(F)F)NC1=O)c1cc(F)c(Cl)cc1Cl. The maximum atomic E-state index is 13.6. The van der Waals surface area contributed by atoms with E-state index < -0.39 is 48.2 Å². The molecule has 0 saturated carbocycles. The van der Waals surface area contributed by atoms with Crippen molar-refractivity contribution in [1.82, 2.24) is 10.6 Å². The van der Waals surface area contributed by atoms with Crippen LogP contribution in [-0.2, 0) is 9.59 Å². The molecule has 3 unspecified atom stereocenters. The lowest BCUT2D eigenvalue weighted by molar-refractivity contribution is -0.171. The van der Waals surface area contributed by atoms with Gasteiger partial charge in [0.1, 0.15) is 17.8 Å². The highest BCUT2D eigenvalue weighted by atomic mass is 35.5. The Morgan fingerprint density at radius 2 is 1.92 bits per heavy atom. The molecule has 0 radical (unpaired) electrons. The van der Waals surface area contributed by atoms with Gasteiger partial charge in [0.25, 0.3) is 0 Å². The lowest BCUT2D eigenvalue weighted by Gasteiger charge is -2.30. The molecule has 1 saturated heterocycles. The van der Waals surface area contributed by atoms with Crippen LogP contribution in [0.4, 0.5) is 17.6 Å². The molecule has 4 nitrogen and oxygen atoms in total. The third kappa shape index (κ3) is 4.55. The van der Waals surface area contributed by atoms with Crippen molar-refractivity contribution in [3.63, 3.8) is 0 Å². The van der Waals surface area contributed by atoms with Crippen LogP contribution >= 0.6 is 23.2 Å². The summed E-state index contributed by atoms with van der Waals surface area (Å²) in [5.41, 5.74) is 0.237. The van der Waals surface area contributed by atoms with E-state index in [2.05, 4.69) is 5.32 Å². The van der Waals surface area contributed by atoms with Crippen LogP contribution in [0.25, 0.3) is 0 Å². The third-order valence-electron chi connectivity index (χ3n) is 3.95. The third-order valence-corrected chi connectivity index (χ3v) is 4.57. The quantitative estimate of drug-likeness (QED) is 0.460. The van der Waals surface area contributed by atoms with Gasteiger partial charge in [-0.3, -0.25) is 9.59 Å². The number of halogens is 6. The average Bonchev–Trinajstić information content (AvgIpc) is 2.49. The second-order valence-corrected chi connectivity index (χ2v) is 6.57. The molecule has 1 heterocycles. The second-order valence-electron chi connectivity index (χ2n) is 5.75. The zero-order chi connectivity index (χ0) is 18.9. The summed E-state index contributed by atoms with van der Waals surface area (Å²) in [5.74, 6) is -3.73. The Kier molecular flexibility index (Phi) is 5.83. The summed E-state index contributed by atoms with van der Waals surface area (Å²) in [5, 5.41) is 4.19. The van der Waals surface area contributed by atoms with Crippen LogP contribution in [-0.4, -0.2) is 24.0 Å². The van der Waals surface area contributed by atoms with Crippen molar-refractivity contribution in [2.45, 2.75) is 38.0 Å². The molecular weight excluding hydrogens is 387 g/mol. The summed E-state index contributed by atoms with van der Waals surface area (Å²) >= 11 is 11.6. The smallest absolute Gasteiger partial charge is 0.349 e. The number of rotatable bonds is 3. The minimum Gasteiger partial charge on any atom is -0.349 e. The molecule has 2 amide bonds. The van der Waals surface area contributed by atoms with E-state index in [1.54, 1.807) is 5.32 Å². The molecule has 1 aliphatic heterocycles. The second kappa shape index (κ2) is 7.37. The van der Waals surface area contributed by atoms with E-state index in [0.29, 0.717) is 0 Å². The van der Waals surface area contributed by atoms with Crippen LogP contribution in [0, 0.1) is 11.7 Å². The van der Waals surface area contributed by atoms with Crippen LogP contribution in [0.5, 0.6) is 0 Å². The molecule has 1 aromatic rings. The number of hydrogen-bond acceptors (Lipinski definition) is 2. The molecule has 2 rings (SSSR count).